The van der Waals surface area contributed by atoms with Crippen LogP contribution in [0.2, 0.25) is 0 Å². The van der Waals surface area contributed by atoms with E-state index in [1.165, 1.54) is 5.56 Å². The van der Waals surface area contributed by atoms with Crippen molar-refractivity contribution in [1.82, 2.24) is 4.90 Å². The highest BCUT2D eigenvalue weighted by Gasteiger charge is 2.13. The van der Waals surface area contributed by atoms with E-state index in [1.807, 2.05) is 25.1 Å². The molecule has 0 saturated heterocycles. The van der Waals surface area contributed by atoms with Crippen molar-refractivity contribution >= 4 is 0 Å². The first-order valence-corrected chi connectivity index (χ1v) is 5.36. The van der Waals surface area contributed by atoms with Gasteiger partial charge in [-0.2, -0.15) is 0 Å². The van der Waals surface area contributed by atoms with Gasteiger partial charge in [-0.15, -0.1) is 0 Å². The van der Waals surface area contributed by atoms with E-state index >= 15 is 0 Å². The monoisotopic (exact) mass is 203 g/mol. The lowest BCUT2D eigenvalue weighted by atomic mass is 10.1. The van der Waals surface area contributed by atoms with E-state index in [4.69, 9.17) is 4.42 Å². The summed E-state index contributed by atoms with van der Waals surface area (Å²) in [5.74, 6) is 2.05. The molecule has 0 aromatic carbocycles. The van der Waals surface area contributed by atoms with Crippen molar-refractivity contribution in [1.29, 1.82) is 0 Å². The molecule has 0 amide bonds. The molecule has 15 heavy (non-hydrogen) atoms. The molecule has 2 rings (SSSR count). The van der Waals surface area contributed by atoms with Gasteiger partial charge >= 0.3 is 0 Å². The second-order valence-electron chi connectivity index (χ2n) is 4.06. The molecule has 0 saturated carbocycles. The Hall–Kier alpha value is -1.28. The van der Waals surface area contributed by atoms with Crippen molar-refractivity contribution in [2.24, 2.45) is 0 Å². The molecule has 80 valence electrons. The van der Waals surface area contributed by atoms with Gasteiger partial charge in [0.25, 0.3) is 0 Å². The average Bonchev–Trinajstić information content (AvgIpc) is 2.27. The van der Waals surface area contributed by atoms with Gasteiger partial charge in [-0.1, -0.05) is 24.3 Å². The highest BCUT2D eigenvalue weighted by molar-refractivity contribution is 5.19. The van der Waals surface area contributed by atoms with Crippen LogP contribution >= 0.6 is 0 Å². The van der Waals surface area contributed by atoms with Crippen molar-refractivity contribution in [3.8, 4) is 0 Å². The Balaban J connectivity index is 2.54. The molecule has 2 heteroatoms. The fraction of sp³-hybridized carbons (Fsp3) is 0.385. The second kappa shape index (κ2) is 4.49. The van der Waals surface area contributed by atoms with E-state index in [2.05, 4.69) is 24.1 Å². The van der Waals surface area contributed by atoms with Crippen molar-refractivity contribution in [3.63, 3.8) is 0 Å². The average molecular weight is 203 g/mol. The van der Waals surface area contributed by atoms with Gasteiger partial charge in [0.2, 0.25) is 0 Å². The molecule has 0 N–H and O–H groups in total. The van der Waals surface area contributed by atoms with E-state index in [-0.39, 0.29) is 0 Å². The molecular weight excluding hydrogens is 186 g/mol. The lowest BCUT2D eigenvalue weighted by molar-refractivity contribution is 0.268. The Morgan fingerprint density at radius 1 is 1.20 bits per heavy atom. The molecule has 1 aromatic rings. The molecule has 2 heterocycles. The Bertz CT molecular complexity index is 394. The molecule has 1 aliphatic heterocycles. The number of fused-ring (bicyclic) bond motifs is 1. The quantitative estimate of drug-likeness (QED) is 0.644. The summed E-state index contributed by atoms with van der Waals surface area (Å²) in [7, 11) is 2.13. The number of likely N-dealkylation sites (N-methyl/N-ethyl adjacent to an activating group) is 1. The summed E-state index contributed by atoms with van der Waals surface area (Å²) in [6, 6.07) is 10.3. The maximum absolute atomic E-state index is 5.84. The Morgan fingerprint density at radius 2 is 2.00 bits per heavy atom. The zero-order chi connectivity index (χ0) is 10.7. The zero-order valence-electron chi connectivity index (χ0n) is 9.36. The summed E-state index contributed by atoms with van der Waals surface area (Å²) in [5, 5.41) is 0. The van der Waals surface area contributed by atoms with Gasteiger partial charge in [0.15, 0.2) is 0 Å². The van der Waals surface area contributed by atoms with E-state index in [0.29, 0.717) is 0 Å². The predicted octanol–water partition coefficient (Wildman–Crippen LogP) is 2.70. The van der Waals surface area contributed by atoms with Gasteiger partial charge in [0, 0.05) is 6.54 Å². The first kappa shape index (κ1) is 10.2. The SMILES string of the molecule is Cc1cccccc2c(o1)CN(C)CC2. The normalized spacial score (nSPS) is 15.6. The fourth-order valence-electron chi connectivity index (χ4n) is 1.81. The number of hydrogen-bond acceptors (Lipinski definition) is 2. The molecule has 0 bridgehead atoms. The topological polar surface area (TPSA) is 16.4 Å². The summed E-state index contributed by atoms with van der Waals surface area (Å²) in [6.07, 6.45) is 1.07. The number of hydrogen-bond donors (Lipinski definition) is 0. The number of rotatable bonds is 0. The van der Waals surface area contributed by atoms with Crippen molar-refractivity contribution < 1.29 is 4.42 Å². The molecule has 0 aliphatic carbocycles. The standard InChI is InChI=1S/C13H17NO/c1-11-6-4-3-5-7-12-8-9-14(2)10-13(12)15-11/h3-7H,8-10H2,1-2H3. The fourth-order valence-corrected chi connectivity index (χ4v) is 1.81. The minimum absolute atomic E-state index is 0.908. The van der Waals surface area contributed by atoms with Crippen LogP contribution in [-0.2, 0) is 13.0 Å². The molecule has 0 radical (unpaired) electrons. The van der Waals surface area contributed by atoms with Crippen molar-refractivity contribution in [2.45, 2.75) is 19.9 Å². The summed E-state index contributed by atoms with van der Waals surface area (Å²) >= 11 is 0. The third-order valence-electron chi connectivity index (χ3n) is 2.67. The van der Waals surface area contributed by atoms with Crippen LogP contribution in [0.25, 0.3) is 0 Å². The van der Waals surface area contributed by atoms with Crippen molar-refractivity contribution in [2.75, 3.05) is 13.6 Å². The van der Waals surface area contributed by atoms with Crippen LogP contribution in [-0.4, -0.2) is 18.5 Å². The second-order valence-corrected chi connectivity index (χ2v) is 4.06. The van der Waals surface area contributed by atoms with Crippen LogP contribution in [0.15, 0.2) is 34.7 Å². The van der Waals surface area contributed by atoms with Gasteiger partial charge in [-0.05, 0) is 32.0 Å². The maximum Gasteiger partial charge on any atom is 0.121 e. The smallest absolute Gasteiger partial charge is 0.121 e. The number of aryl methyl sites for hydroxylation is 1. The van der Waals surface area contributed by atoms with E-state index in [1.54, 1.807) is 0 Å². The third kappa shape index (κ3) is 2.60. The van der Waals surface area contributed by atoms with E-state index in [9.17, 15) is 0 Å². The lowest BCUT2D eigenvalue weighted by Crippen LogP contribution is -2.26. The Kier molecular flexibility index (Phi) is 3.07. The van der Waals surface area contributed by atoms with Crippen LogP contribution in [0.4, 0.5) is 0 Å². The molecule has 1 aromatic heterocycles. The highest BCUT2D eigenvalue weighted by Crippen LogP contribution is 2.16. The molecule has 0 unspecified atom stereocenters. The van der Waals surface area contributed by atoms with E-state index in [0.717, 1.165) is 31.0 Å². The maximum atomic E-state index is 5.84. The van der Waals surface area contributed by atoms with Gasteiger partial charge in [0.05, 0.1) is 6.54 Å². The molecule has 0 spiro atoms. The van der Waals surface area contributed by atoms with Crippen LogP contribution in [0, 0.1) is 6.92 Å². The molecular formula is C13H17NO. The summed E-state index contributed by atoms with van der Waals surface area (Å²) < 4.78 is 5.84. The van der Waals surface area contributed by atoms with Gasteiger partial charge in [-0.3, -0.25) is 4.90 Å². The minimum Gasteiger partial charge on any atom is -0.465 e. The van der Waals surface area contributed by atoms with E-state index < -0.39 is 0 Å². The van der Waals surface area contributed by atoms with Crippen LogP contribution in [0.5, 0.6) is 0 Å². The van der Waals surface area contributed by atoms with Crippen LogP contribution < -0.4 is 0 Å². The largest absolute Gasteiger partial charge is 0.465 e. The van der Waals surface area contributed by atoms with Gasteiger partial charge < -0.3 is 4.42 Å². The summed E-state index contributed by atoms with van der Waals surface area (Å²) in [4.78, 5) is 2.28. The van der Waals surface area contributed by atoms with Gasteiger partial charge in [-0.25, -0.2) is 0 Å². The third-order valence-corrected chi connectivity index (χ3v) is 2.67. The molecule has 2 nitrogen and oxygen atoms in total. The Morgan fingerprint density at radius 3 is 2.87 bits per heavy atom. The Labute approximate surface area is 90.8 Å². The summed E-state index contributed by atoms with van der Waals surface area (Å²) in [6.45, 7) is 4.01. The summed E-state index contributed by atoms with van der Waals surface area (Å²) in [5.41, 5.74) is 1.33. The molecule has 1 aliphatic rings. The number of nitrogens with zero attached hydrogens (tertiary/aromatic N) is 1. The minimum atomic E-state index is 0.908. The first-order chi connectivity index (χ1) is 7.25. The molecule has 0 atom stereocenters. The molecule has 0 fully saturated rings. The van der Waals surface area contributed by atoms with Crippen molar-refractivity contribution in [3.05, 3.63) is 47.4 Å². The predicted molar refractivity (Wildman–Crippen MR) is 61.1 cm³/mol. The highest BCUT2D eigenvalue weighted by atomic mass is 16.3. The first-order valence-electron chi connectivity index (χ1n) is 5.36. The van der Waals surface area contributed by atoms with Gasteiger partial charge in [0.1, 0.15) is 11.5 Å². The zero-order valence-corrected chi connectivity index (χ0v) is 9.36. The van der Waals surface area contributed by atoms with Crippen LogP contribution in [0.3, 0.4) is 0 Å². The van der Waals surface area contributed by atoms with Crippen LogP contribution in [0.1, 0.15) is 17.1 Å². The lowest BCUT2D eigenvalue weighted by Gasteiger charge is -2.22.